The number of aromatic amines is 1. The van der Waals surface area contributed by atoms with Gasteiger partial charge in [0.05, 0.1) is 0 Å². The maximum absolute atomic E-state index is 12.3. The van der Waals surface area contributed by atoms with Gasteiger partial charge < -0.3 is 10.3 Å². The lowest BCUT2D eigenvalue weighted by atomic mass is 9.54. The fourth-order valence-electron chi connectivity index (χ4n) is 4.98. The van der Waals surface area contributed by atoms with Gasteiger partial charge in [-0.05, 0) is 55.8 Å². The molecule has 1 aromatic rings. The molecule has 4 aliphatic carbocycles. The lowest BCUT2D eigenvalue weighted by Gasteiger charge is -2.54. The molecule has 0 radical (unpaired) electrons. The van der Waals surface area contributed by atoms with Crippen LogP contribution < -0.4 is 10.7 Å². The molecule has 106 valence electrons. The SMILES string of the molecule is O=C(NC1C2CC3CC(C2)CC1C3)c1c[nH]ccc1=O. The van der Waals surface area contributed by atoms with E-state index >= 15 is 0 Å². The van der Waals surface area contributed by atoms with Crippen molar-refractivity contribution < 1.29 is 4.79 Å². The molecule has 0 aliphatic heterocycles. The van der Waals surface area contributed by atoms with Crippen LogP contribution in [0.15, 0.2) is 23.3 Å². The average Bonchev–Trinajstić information content (AvgIpc) is 2.42. The van der Waals surface area contributed by atoms with Gasteiger partial charge in [-0.2, -0.15) is 0 Å². The molecule has 0 spiro atoms. The lowest BCUT2D eigenvalue weighted by Crippen LogP contribution is -2.56. The van der Waals surface area contributed by atoms with Crippen molar-refractivity contribution in [2.24, 2.45) is 23.7 Å². The number of hydrogen-bond donors (Lipinski definition) is 2. The predicted molar refractivity (Wildman–Crippen MR) is 75.4 cm³/mol. The summed E-state index contributed by atoms with van der Waals surface area (Å²) in [6, 6.07) is 1.70. The Kier molecular flexibility index (Phi) is 2.72. The molecular formula is C16H20N2O2. The number of rotatable bonds is 2. The van der Waals surface area contributed by atoms with Gasteiger partial charge >= 0.3 is 0 Å². The molecule has 0 saturated heterocycles. The minimum absolute atomic E-state index is 0.204. The Morgan fingerprint density at radius 1 is 1.10 bits per heavy atom. The van der Waals surface area contributed by atoms with Gasteiger partial charge in [-0.1, -0.05) is 0 Å². The van der Waals surface area contributed by atoms with Crippen molar-refractivity contribution in [2.45, 2.75) is 38.1 Å². The van der Waals surface area contributed by atoms with Crippen LogP contribution in [0, 0.1) is 23.7 Å². The van der Waals surface area contributed by atoms with Crippen molar-refractivity contribution >= 4 is 5.91 Å². The summed E-state index contributed by atoms with van der Waals surface area (Å²) in [6.45, 7) is 0. The second kappa shape index (κ2) is 4.47. The molecule has 4 heteroatoms. The molecule has 0 unspecified atom stereocenters. The van der Waals surface area contributed by atoms with Crippen LogP contribution in [0.2, 0.25) is 0 Å². The van der Waals surface area contributed by atoms with E-state index in [1.807, 2.05) is 0 Å². The fraction of sp³-hybridized carbons (Fsp3) is 0.625. The number of carbonyl (C=O) groups excluding carboxylic acids is 1. The Balaban J connectivity index is 1.53. The van der Waals surface area contributed by atoms with Gasteiger partial charge in [-0.15, -0.1) is 0 Å². The molecule has 20 heavy (non-hydrogen) atoms. The van der Waals surface area contributed by atoms with Crippen molar-refractivity contribution in [2.75, 3.05) is 0 Å². The predicted octanol–water partition coefficient (Wildman–Crippen LogP) is 1.93. The third-order valence-corrected chi connectivity index (χ3v) is 5.59. The van der Waals surface area contributed by atoms with E-state index in [-0.39, 0.29) is 22.9 Å². The molecule has 1 heterocycles. The summed E-state index contributed by atoms with van der Waals surface area (Å²) in [6.07, 6.45) is 9.54. The van der Waals surface area contributed by atoms with Crippen LogP contribution >= 0.6 is 0 Å². The maximum Gasteiger partial charge on any atom is 0.256 e. The van der Waals surface area contributed by atoms with Gasteiger partial charge in [0.1, 0.15) is 5.56 Å². The summed E-state index contributed by atoms with van der Waals surface area (Å²) in [5.74, 6) is 2.86. The van der Waals surface area contributed by atoms with E-state index in [1.165, 1.54) is 44.4 Å². The molecule has 4 saturated carbocycles. The molecule has 4 fully saturated rings. The third kappa shape index (κ3) is 1.89. The summed E-state index contributed by atoms with van der Waals surface area (Å²) in [5, 5.41) is 3.16. The Bertz CT molecular complexity index is 564. The monoisotopic (exact) mass is 272 g/mol. The van der Waals surface area contributed by atoms with Gasteiger partial charge in [-0.3, -0.25) is 9.59 Å². The first-order chi connectivity index (χ1) is 9.70. The van der Waals surface area contributed by atoms with Gasteiger partial charge in [0.2, 0.25) is 0 Å². The molecule has 5 rings (SSSR count). The first-order valence-corrected chi connectivity index (χ1v) is 7.68. The van der Waals surface area contributed by atoms with Crippen molar-refractivity contribution in [3.05, 3.63) is 34.2 Å². The smallest absolute Gasteiger partial charge is 0.256 e. The quantitative estimate of drug-likeness (QED) is 0.864. The summed E-state index contributed by atoms with van der Waals surface area (Å²) < 4.78 is 0. The van der Waals surface area contributed by atoms with Gasteiger partial charge in [0.15, 0.2) is 5.43 Å². The molecule has 4 nitrogen and oxygen atoms in total. The highest BCUT2D eigenvalue weighted by Gasteiger charge is 2.48. The minimum atomic E-state index is -0.204. The van der Waals surface area contributed by atoms with Crippen molar-refractivity contribution in [1.29, 1.82) is 0 Å². The van der Waals surface area contributed by atoms with Crippen LogP contribution in [0.1, 0.15) is 42.5 Å². The van der Waals surface area contributed by atoms with Crippen molar-refractivity contribution in [3.8, 4) is 0 Å². The first kappa shape index (κ1) is 12.2. The Morgan fingerprint density at radius 3 is 2.35 bits per heavy atom. The summed E-state index contributed by atoms with van der Waals surface area (Å²) in [7, 11) is 0. The van der Waals surface area contributed by atoms with Crippen LogP contribution in [0.25, 0.3) is 0 Å². The number of H-pyrrole nitrogens is 1. The molecule has 0 aromatic carbocycles. The number of hydrogen-bond acceptors (Lipinski definition) is 2. The number of aromatic nitrogens is 1. The molecule has 1 amide bonds. The zero-order valence-electron chi connectivity index (χ0n) is 11.5. The maximum atomic E-state index is 12.3. The van der Waals surface area contributed by atoms with E-state index in [9.17, 15) is 9.59 Å². The van der Waals surface area contributed by atoms with E-state index < -0.39 is 0 Å². The normalized spacial score (nSPS) is 37.9. The van der Waals surface area contributed by atoms with Gasteiger partial charge in [0, 0.05) is 24.5 Å². The second-order valence-electron chi connectivity index (χ2n) is 6.85. The topological polar surface area (TPSA) is 62.0 Å². The molecule has 1 aromatic heterocycles. The first-order valence-electron chi connectivity index (χ1n) is 7.68. The van der Waals surface area contributed by atoms with Crippen LogP contribution in [0.4, 0.5) is 0 Å². The lowest BCUT2D eigenvalue weighted by molar-refractivity contribution is -0.0119. The number of nitrogens with one attached hydrogen (secondary N) is 2. The fourth-order valence-corrected chi connectivity index (χ4v) is 4.98. The van der Waals surface area contributed by atoms with Crippen LogP contribution in [0.3, 0.4) is 0 Å². The molecule has 4 aliphatic rings. The van der Waals surface area contributed by atoms with Gasteiger partial charge in [-0.25, -0.2) is 0 Å². The van der Waals surface area contributed by atoms with E-state index in [2.05, 4.69) is 10.3 Å². The van der Waals surface area contributed by atoms with Crippen LogP contribution in [0.5, 0.6) is 0 Å². The van der Waals surface area contributed by atoms with E-state index in [1.54, 1.807) is 6.20 Å². The zero-order valence-corrected chi connectivity index (χ0v) is 11.5. The van der Waals surface area contributed by atoms with E-state index in [4.69, 9.17) is 0 Å². The van der Waals surface area contributed by atoms with Crippen LogP contribution in [-0.2, 0) is 0 Å². The molecule has 4 bridgehead atoms. The highest BCUT2D eigenvalue weighted by molar-refractivity contribution is 5.94. The zero-order chi connectivity index (χ0) is 13.7. The second-order valence-corrected chi connectivity index (χ2v) is 6.85. The summed E-state index contributed by atoms with van der Waals surface area (Å²) in [5.41, 5.74) is 0.0337. The Morgan fingerprint density at radius 2 is 1.75 bits per heavy atom. The highest BCUT2D eigenvalue weighted by Crippen LogP contribution is 2.53. The van der Waals surface area contributed by atoms with Crippen LogP contribution in [-0.4, -0.2) is 16.9 Å². The summed E-state index contributed by atoms with van der Waals surface area (Å²) in [4.78, 5) is 26.9. The number of amides is 1. The largest absolute Gasteiger partial charge is 0.367 e. The molecule has 0 atom stereocenters. The van der Waals surface area contributed by atoms with Crippen molar-refractivity contribution in [1.82, 2.24) is 10.3 Å². The minimum Gasteiger partial charge on any atom is -0.367 e. The Hall–Kier alpha value is -1.58. The standard InChI is InChI=1S/C16H20N2O2/c19-14-1-2-17-8-13(14)16(20)18-15-11-4-9-3-10(6-11)7-12(15)5-9/h1-2,8-12,15H,3-7H2,(H,17,19)(H,18,20). The van der Waals surface area contributed by atoms with Crippen molar-refractivity contribution in [3.63, 3.8) is 0 Å². The number of pyridine rings is 1. The van der Waals surface area contributed by atoms with E-state index in [0.717, 1.165) is 11.8 Å². The average molecular weight is 272 g/mol. The molecule has 2 N–H and O–H groups in total. The van der Waals surface area contributed by atoms with Gasteiger partial charge in [0.25, 0.3) is 5.91 Å². The third-order valence-electron chi connectivity index (χ3n) is 5.59. The van der Waals surface area contributed by atoms with E-state index in [0.29, 0.717) is 11.8 Å². The molecular weight excluding hydrogens is 252 g/mol. The highest BCUT2D eigenvalue weighted by atomic mass is 16.2. The Labute approximate surface area is 118 Å². The number of carbonyl (C=O) groups is 1. The summed E-state index contributed by atoms with van der Waals surface area (Å²) >= 11 is 0.